The Morgan fingerprint density at radius 3 is 2.52 bits per heavy atom. The van der Waals surface area contributed by atoms with Crippen molar-refractivity contribution in [2.75, 3.05) is 18.9 Å². The summed E-state index contributed by atoms with van der Waals surface area (Å²) in [7, 11) is 0. The van der Waals surface area contributed by atoms with Gasteiger partial charge in [0.15, 0.2) is 5.54 Å². The smallest absolute Gasteiger partial charge is 0.331 e. The number of amides is 1. The van der Waals surface area contributed by atoms with Crippen LogP contribution in [0.2, 0.25) is 0 Å². The van der Waals surface area contributed by atoms with Crippen LogP contribution in [0.1, 0.15) is 46.5 Å². The van der Waals surface area contributed by atoms with Crippen LogP contribution in [0, 0.1) is 5.92 Å². The van der Waals surface area contributed by atoms with Crippen molar-refractivity contribution < 1.29 is 19.8 Å². The van der Waals surface area contributed by atoms with Gasteiger partial charge in [0.05, 0.1) is 0 Å². The number of carbonyl (C=O) groups excluding carboxylic acids is 1. The molecule has 0 aliphatic carbocycles. The summed E-state index contributed by atoms with van der Waals surface area (Å²) >= 11 is 4.09. The maximum atomic E-state index is 12.6. The summed E-state index contributed by atoms with van der Waals surface area (Å²) in [6.07, 6.45) is 5.61. The average Bonchev–Trinajstić information content (AvgIpc) is 2.58. The zero-order valence-corrected chi connectivity index (χ0v) is 16.3. The molecule has 0 radical (unpaired) electrons. The number of carboxylic acids is 1. The van der Waals surface area contributed by atoms with Gasteiger partial charge in [0.1, 0.15) is 0 Å². The summed E-state index contributed by atoms with van der Waals surface area (Å²) < 4.78 is 0. The quantitative estimate of drug-likeness (QED) is 0.188. The Morgan fingerprint density at radius 2 is 2.04 bits per heavy atom. The lowest BCUT2D eigenvalue weighted by Gasteiger charge is -2.38. The number of aliphatic hydroxyl groups is 1. The number of aliphatic hydroxyl groups excluding tert-OH is 1. The van der Waals surface area contributed by atoms with Crippen LogP contribution in [0.4, 0.5) is 0 Å². The van der Waals surface area contributed by atoms with Crippen molar-refractivity contribution in [3.8, 4) is 0 Å². The van der Waals surface area contributed by atoms with Crippen LogP contribution in [-0.2, 0) is 9.59 Å². The highest BCUT2D eigenvalue weighted by atomic mass is 32.1. The summed E-state index contributed by atoms with van der Waals surface area (Å²) in [6.45, 7) is 5.50. The topological polar surface area (TPSA) is 116 Å². The van der Waals surface area contributed by atoms with E-state index in [1.54, 1.807) is 6.08 Å². The highest BCUT2D eigenvalue weighted by molar-refractivity contribution is 7.80. The number of hydrogen-bond donors (Lipinski definition) is 5. The lowest BCUT2D eigenvalue weighted by atomic mass is 9.97. The van der Waals surface area contributed by atoms with E-state index in [1.165, 1.54) is 6.92 Å². The van der Waals surface area contributed by atoms with Gasteiger partial charge in [0.2, 0.25) is 5.91 Å². The second-order valence-electron chi connectivity index (χ2n) is 6.51. The third kappa shape index (κ3) is 8.22. The fraction of sp³-hybridized carbons (Fsp3) is 0.765. The first-order chi connectivity index (χ1) is 11.7. The van der Waals surface area contributed by atoms with E-state index in [0.29, 0.717) is 11.7 Å². The number of hydrazine groups is 1. The molecule has 0 fully saturated rings. The number of rotatable bonds is 13. The fourth-order valence-electron chi connectivity index (χ4n) is 2.11. The Bertz CT molecular complexity index is 448. The minimum atomic E-state index is -1.56. The molecule has 0 aromatic carbocycles. The first-order valence-corrected chi connectivity index (χ1v) is 9.28. The first kappa shape index (κ1) is 23.9. The lowest BCUT2D eigenvalue weighted by molar-refractivity contribution is -0.163. The number of carbonyl (C=O) groups is 2. The Hall–Kier alpha value is -1.09. The standard InChI is InChI=1S/C17H33N3O4S/c1-4-13(2)7-5-6-8-15(22)20(19-11-14(18)12-25)17(3,9-10-21)16(23)24/h5-6,13-14,19,21,25H,4,7-12,18H2,1-3H3,(H,23,24)/b6-5+/t13-,14?,17+/m0/s1. The Morgan fingerprint density at radius 1 is 1.40 bits per heavy atom. The molecule has 0 heterocycles. The van der Waals surface area contributed by atoms with Crippen LogP contribution in [0.15, 0.2) is 12.2 Å². The number of allylic oxidation sites excluding steroid dienone is 1. The van der Waals surface area contributed by atoms with Crippen LogP contribution in [0.5, 0.6) is 0 Å². The molecule has 0 bridgehead atoms. The largest absolute Gasteiger partial charge is 0.479 e. The Labute approximate surface area is 156 Å². The van der Waals surface area contributed by atoms with Gasteiger partial charge in [-0.2, -0.15) is 12.6 Å². The van der Waals surface area contributed by atoms with Gasteiger partial charge < -0.3 is 15.9 Å². The molecule has 0 saturated carbocycles. The maximum Gasteiger partial charge on any atom is 0.331 e. The van der Waals surface area contributed by atoms with Gasteiger partial charge in [-0.25, -0.2) is 10.2 Å². The van der Waals surface area contributed by atoms with Gasteiger partial charge in [-0.05, 0) is 19.3 Å². The maximum absolute atomic E-state index is 12.6. The summed E-state index contributed by atoms with van der Waals surface area (Å²) in [6, 6.07) is -0.327. The molecular weight excluding hydrogens is 342 g/mol. The molecule has 0 aromatic rings. The Kier molecular flexibility index (Phi) is 11.8. The monoisotopic (exact) mass is 375 g/mol. The molecule has 1 amide bonds. The third-order valence-corrected chi connectivity index (χ3v) is 4.71. The fourth-order valence-corrected chi connectivity index (χ4v) is 2.24. The zero-order chi connectivity index (χ0) is 19.5. The molecular formula is C17H33N3O4S. The van der Waals surface area contributed by atoms with Crippen LogP contribution in [0.25, 0.3) is 0 Å². The van der Waals surface area contributed by atoms with Crippen molar-refractivity contribution in [2.24, 2.45) is 11.7 Å². The van der Waals surface area contributed by atoms with E-state index in [-0.39, 0.29) is 37.9 Å². The molecule has 0 aliphatic heterocycles. The van der Waals surface area contributed by atoms with E-state index >= 15 is 0 Å². The molecule has 7 nitrogen and oxygen atoms in total. The number of nitrogens with two attached hydrogens (primary N) is 1. The van der Waals surface area contributed by atoms with Gasteiger partial charge in [-0.1, -0.05) is 32.4 Å². The van der Waals surface area contributed by atoms with Gasteiger partial charge >= 0.3 is 5.97 Å². The average molecular weight is 376 g/mol. The van der Waals surface area contributed by atoms with Crippen molar-refractivity contribution in [1.82, 2.24) is 10.4 Å². The van der Waals surface area contributed by atoms with Crippen molar-refractivity contribution >= 4 is 24.5 Å². The molecule has 0 aromatic heterocycles. The van der Waals surface area contributed by atoms with Gasteiger partial charge in [-0.15, -0.1) is 0 Å². The molecule has 0 spiro atoms. The summed E-state index contributed by atoms with van der Waals surface area (Å²) in [5.74, 6) is -0.642. The molecule has 0 rings (SSSR count). The highest BCUT2D eigenvalue weighted by Crippen LogP contribution is 2.19. The molecule has 8 heteroatoms. The number of carboxylic acid groups (broad SMARTS) is 1. The zero-order valence-electron chi connectivity index (χ0n) is 15.4. The minimum Gasteiger partial charge on any atom is -0.479 e. The van der Waals surface area contributed by atoms with E-state index in [1.807, 2.05) is 6.08 Å². The van der Waals surface area contributed by atoms with Crippen molar-refractivity contribution in [2.45, 2.75) is 58.0 Å². The van der Waals surface area contributed by atoms with Crippen LogP contribution >= 0.6 is 12.6 Å². The number of thiol groups is 1. The van der Waals surface area contributed by atoms with Crippen molar-refractivity contribution in [3.05, 3.63) is 12.2 Å². The third-order valence-electron chi connectivity index (χ3n) is 4.24. The Balaban J connectivity index is 5.15. The van der Waals surface area contributed by atoms with E-state index in [0.717, 1.165) is 17.9 Å². The van der Waals surface area contributed by atoms with Crippen molar-refractivity contribution in [1.29, 1.82) is 0 Å². The van der Waals surface area contributed by atoms with Crippen molar-refractivity contribution in [3.63, 3.8) is 0 Å². The minimum absolute atomic E-state index is 0.0772. The molecule has 5 N–H and O–H groups in total. The van der Waals surface area contributed by atoms with Crippen LogP contribution in [-0.4, -0.2) is 57.6 Å². The highest BCUT2D eigenvalue weighted by Gasteiger charge is 2.42. The molecule has 1 unspecified atom stereocenters. The normalized spacial score (nSPS) is 16.4. The predicted molar refractivity (Wildman–Crippen MR) is 102 cm³/mol. The lowest BCUT2D eigenvalue weighted by Crippen LogP contribution is -2.62. The summed E-state index contributed by atoms with van der Waals surface area (Å²) in [4.78, 5) is 24.3. The van der Waals surface area contributed by atoms with Crippen LogP contribution < -0.4 is 11.2 Å². The van der Waals surface area contributed by atoms with E-state index in [4.69, 9.17) is 5.73 Å². The number of aliphatic carboxylic acids is 1. The van der Waals surface area contributed by atoms with E-state index in [9.17, 15) is 19.8 Å². The predicted octanol–water partition coefficient (Wildman–Crippen LogP) is 1.18. The van der Waals surface area contributed by atoms with Gasteiger partial charge in [-0.3, -0.25) is 9.80 Å². The molecule has 0 aliphatic rings. The number of nitrogens with one attached hydrogen (secondary N) is 1. The summed E-state index contributed by atoms with van der Waals surface area (Å²) in [5, 5.41) is 19.9. The molecule has 25 heavy (non-hydrogen) atoms. The van der Waals surface area contributed by atoms with E-state index in [2.05, 4.69) is 31.9 Å². The first-order valence-electron chi connectivity index (χ1n) is 8.65. The van der Waals surface area contributed by atoms with Gasteiger partial charge in [0.25, 0.3) is 0 Å². The number of hydrogen-bond acceptors (Lipinski definition) is 6. The molecule has 0 saturated heterocycles. The summed E-state index contributed by atoms with van der Waals surface area (Å²) in [5.41, 5.74) is 7.06. The second kappa shape index (κ2) is 12.3. The molecule has 3 atom stereocenters. The van der Waals surface area contributed by atoms with E-state index < -0.39 is 11.5 Å². The SMILES string of the molecule is CC[C@H](C)C/C=C/CC(=O)N(NCC(N)CS)[C@](C)(CCO)C(=O)O. The van der Waals surface area contributed by atoms with Crippen LogP contribution in [0.3, 0.4) is 0 Å². The molecule has 146 valence electrons. The van der Waals surface area contributed by atoms with Gasteiger partial charge in [0, 0.05) is 37.8 Å². The second-order valence-corrected chi connectivity index (χ2v) is 6.88. The number of nitrogens with zero attached hydrogens (tertiary/aromatic N) is 1.